The Morgan fingerprint density at radius 1 is 0.943 bits per heavy atom. The lowest BCUT2D eigenvalue weighted by atomic mass is 10.1. The van der Waals surface area contributed by atoms with E-state index in [1.54, 1.807) is 42.6 Å². The normalized spacial score (nSPS) is 10.6. The van der Waals surface area contributed by atoms with E-state index in [-0.39, 0.29) is 12.2 Å². The molecule has 0 saturated carbocycles. The van der Waals surface area contributed by atoms with Crippen molar-refractivity contribution in [2.75, 3.05) is 26.6 Å². The van der Waals surface area contributed by atoms with Gasteiger partial charge in [-0.3, -0.25) is 14.0 Å². The molecule has 0 saturated heterocycles. The van der Waals surface area contributed by atoms with Crippen LogP contribution in [0.3, 0.4) is 0 Å². The van der Waals surface area contributed by atoms with E-state index in [1.807, 2.05) is 19.1 Å². The number of methoxy groups -OCH3 is 3. The average Bonchev–Trinajstić information content (AvgIpc) is 2.86. The number of nitrogens with zero attached hydrogens (tertiary/aromatic N) is 2. The van der Waals surface area contributed by atoms with Crippen molar-refractivity contribution in [2.24, 2.45) is 0 Å². The lowest BCUT2D eigenvalue weighted by Gasteiger charge is -2.15. The quantitative estimate of drug-likeness (QED) is 0.413. The second-order valence-electron chi connectivity index (χ2n) is 7.67. The molecule has 2 aromatic heterocycles. The van der Waals surface area contributed by atoms with Gasteiger partial charge in [0.2, 0.25) is 5.75 Å². The van der Waals surface area contributed by atoms with Gasteiger partial charge in [0.15, 0.2) is 11.5 Å². The van der Waals surface area contributed by atoms with Crippen LogP contribution in [0.4, 0.5) is 5.69 Å². The Morgan fingerprint density at radius 3 is 2.34 bits per heavy atom. The first-order chi connectivity index (χ1) is 16.9. The van der Waals surface area contributed by atoms with Gasteiger partial charge in [0.25, 0.3) is 11.5 Å². The van der Waals surface area contributed by atoms with Gasteiger partial charge in [-0.05, 0) is 48.9 Å². The number of carbonyl (C=O) groups is 1. The van der Waals surface area contributed by atoms with E-state index in [2.05, 4.69) is 10.3 Å². The predicted molar refractivity (Wildman–Crippen MR) is 131 cm³/mol. The van der Waals surface area contributed by atoms with Gasteiger partial charge in [-0.2, -0.15) is 0 Å². The van der Waals surface area contributed by atoms with E-state index >= 15 is 0 Å². The summed E-state index contributed by atoms with van der Waals surface area (Å²) < 4.78 is 23.4. The van der Waals surface area contributed by atoms with E-state index in [1.165, 1.54) is 31.8 Å². The second kappa shape index (κ2) is 10.2. The van der Waals surface area contributed by atoms with Gasteiger partial charge < -0.3 is 24.3 Å². The standard InChI is InChI=1S/C26H25N3O6/c1-16-9-10-29-23(11-16)27-18(14-24(29)30)15-35-20-8-6-5-7-19(20)28-26(31)17-12-21(32-2)25(34-4)22(13-17)33-3/h5-14H,15H2,1-4H3,(H,28,31). The number of hydrogen-bond donors (Lipinski definition) is 1. The summed E-state index contributed by atoms with van der Waals surface area (Å²) >= 11 is 0. The van der Waals surface area contributed by atoms with Crippen LogP contribution in [-0.4, -0.2) is 36.6 Å². The van der Waals surface area contributed by atoms with E-state index < -0.39 is 5.91 Å². The van der Waals surface area contributed by atoms with Crippen molar-refractivity contribution in [1.29, 1.82) is 0 Å². The van der Waals surface area contributed by atoms with Crippen LogP contribution < -0.4 is 29.8 Å². The Hall–Kier alpha value is -4.53. The van der Waals surface area contributed by atoms with Gasteiger partial charge in [0, 0.05) is 17.8 Å². The van der Waals surface area contributed by atoms with Crippen molar-refractivity contribution in [3.05, 3.63) is 88.0 Å². The molecule has 9 nitrogen and oxygen atoms in total. The third kappa shape index (κ3) is 5.03. The number of benzene rings is 2. The van der Waals surface area contributed by atoms with E-state index in [9.17, 15) is 9.59 Å². The molecule has 9 heteroatoms. The maximum atomic E-state index is 13.0. The summed E-state index contributed by atoms with van der Waals surface area (Å²) in [7, 11) is 4.46. The first-order valence-electron chi connectivity index (χ1n) is 10.8. The van der Waals surface area contributed by atoms with E-state index in [0.29, 0.717) is 45.6 Å². The van der Waals surface area contributed by atoms with Crippen LogP contribution in [0.15, 0.2) is 65.6 Å². The zero-order valence-corrected chi connectivity index (χ0v) is 19.8. The minimum atomic E-state index is -0.391. The molecule has 0 fully saturated rings. The van der Waals surface area contributed by atoms with Gasteiger partial charge in [-0.25, -0.2) is 4.98 Å². The molecule has 2 aromatic carbocycles. The fraction of sp³-hybridized carbons (Fsp3) is 0.192. The molecular weight excluding hydrogens is 450 g/mol. The van der Waals surface area contributed by atoms with Crippen LogP contribution in [0.25, 0.3) is 5.65 Å². The number of aromatic nitrogens is 2. The van der Waals surface area contributed by atoms with Gasteiger partial charge in [-0.1, -0.05) is 12.1 Å². The summed E-state index contributed by atoms with van der Waals surface area (Å²) in [5.74, 6) is 1.16. The molecule has 4 aromatic rings. The summed E-state index contributed by atoms with van der Waals surface area (Å²) in [6.45, 7) is 1.99. The minimum Gasteiger partial charge on any atom is -0.493 e. The number of rotatable bonds is 8. The Kier molecular flexibility index (Phi) is 6.86. The highest BCUT2D eigenvalue weighted by molar-refractivity contribution is 6.05. The fourth-order valence-electron chi connectivity index (χ4n) is 3.58. The van der Waals surface area contributed by atoms with E-state index in [0.717, 1.165) is 5.56 Å². The second-order valence-corrected chi connectivity index (χ2v) is 7.67. The number of amides is 1. The molecule has 0 atom stereocenters. The summed E-state index contributed by atoms with van der Waals surface area (Å²) in [4.78, 5) is 30.0. The number of pyridine rings is 1. The first kappa shape index (κ1) is 23.6. The number of nitrogens with one attached hydrogen (secondary N) is 1. The number of hydrogen-bond acceptors (Lipinski definition) is 7. The molecule has 35 heavy (non-hydrogen) atoms. The summed E-state index contributed by atoms with van der Waals surface area (Å²) in [5.41, 5.74) is 2.59. The van der Waals surface area contributed by atoms with Crippen molar-refractivity contribution in [3.8, 4) is 23.0 Å². The zero-order valence-electron chi connectivity index (χ0n) is 19.8. The van der Waals surface area contributed by atoms with Gasteiger partial charge >= 0.3 is 0 Å². The molecule has 0 spiro atoms. The molecule has 1 amide bonds. The van der Waals surface area contributed by atoms with Crippen molar-refractivity contribution < 1.29 is 23.7 Å². The smallest absolute Gasteiger partial charge is 0.258 e. The number of aryl methyl sites for hydroxylation is 1. The van der Waals surface area contributed by atoms with Crippen LogP contribution in [0.5, 0.6) is 23.0 Å². The fourth-order valence-corrected chi connectivity index (χ4v) is 3.58. The SMILES string of the molecule is COc1cc(C(=O)Nc2ccccc2OCc2cc(=O)n3ccc(C)cc3n2)cc(OC)c1OC. The molecule has 0 bridgehead atoms. The van der Waals surface area contributed by atoms with E-state index in [4.69, 9.17) is 18.9 Å². The maximum Gasteiger partial charge on any atom is 0.258 e. The van der Waals surface area contributed by atoms with Crippen LogP contribution in [0, 0.1) is 6.92 Å². The molecule has 1 N–H and O–H groups in total. The van der Waals surface area contributed by atoms with Crippen molar-refractivity contribution in [3.63, 3.8) is 0 Å². The lowest BCUT2D eigenvalue weighted by molar-refractivity contribution is 0.102. The first-order valence-corrected chi connectivity index (χ1v) is 10.8. The molecule has 0 aliphatic rings. The summed E-state index contributed by atoms with van der Waals surface area (Å²) in [6, 6.07) is 15.2. The largest absolute Gasteiger partial charge is 0.493 e. The lowest BCUT2D eigenvalue weighted by Crippen LogP contribution is -2.17. The molecule has 180 valence electrons. The van der Waals surface area contributed by atoms with Gasteiger partial charge in [0.1, 0.15) is 18.0 Å². The third-order valence-corrected chi connectivity index (χ3v) is 5.31. The van der Waals surface area contributed by atoms with Crippen LogP contribution >= 0.6 is 0 Å². The highest BCUT2D eigenvalue weighted by atomic mass is 16.5. The average molecular weight is 476 g/mol. The minimum absolute atomic E-state index is 0.0523. The Morgan fingerprint density at radius 2 is 1.66 bits per heavy atom. The third-order valence-electron chi connectivity index (χ3n) is 5.31. The zero-order chi connectivity index (χ0) is 24.9. The monoisotopic (exact) mass is 475 g/mol. The molecule has 4 rings (SSSR count). The van der Waals surface area contributed by atoms with Crippen LogP contribution in [0.2, 0.25) is 0 Å². The van der Waals surface area contributed by atoms with Crippen molar-refractivity contribution >= 4 is 17.2 Å². The molecule has 0 unspecified atom stereocenters. The van der Waals surface area contributed by atoms with Gasteiger partial charge in [-0.15, -0.1) is 0 Å². The van der Waals surface area contributed by atoms with Crippen molar-refractivity contribution in [1.82, 2.24) is 9.38 Å². The number of carbonyl (C=O) groups excluding carboxylic acids is 1. The number of ether oxygens (including phenoxy) is 4. The Bertz CT molecular complexity index is 1420. The summed E-state index contributed by atoms with van der Waals surface area (Å²) in [5, 5.41) is 2.85. The molecule has 2 heterocycles. The number of anilines is 1. The summed E-state index contributed by atoms with van der Waals surface area (Å²) in [6.07, 6.45) is 1.69. The van der Waals surface area contributed by atoms with Crippen LogP contribution in [0.1, 0.15) is 21.6 Å². The molecule has 0 aliphatic heterocycles. The molecule has 0 aliphatic carbocycles. The Balaban J connectivity index is 1.56. The number of para-hydroxylation sites is 2. The highest BCUT2D eigenvalue weighted by Gasteiger charge is 2.18. The number of fused-ring (bicyclic) bond motifs is 1. The highest BCUT2D eigenvalue weighted by Crippen LogP contribution is 2.38. The molecular formula is C26H25N3O6. The maximum absolute atomic E-state index is 13.0. The topological polar surface area (TPSA) is 100 Å². The Labute approximate surface area is 201 Å². The predicted octanol–water partition coefficient (Wildman–Crippen LogP) is 3.86. The molecule has 0 radical (unpaired) electrons. The van der Waals surface area contributed by atoms with Crippen molar-refractivity contribution in [2.45, 2.75) is 13.5 Å². The van der Waals surface area contributed by atoms with Crippen LogP contribution in [-0.2, 0) is 6.61 Å². The van der Waals surface area contributed by atoms with Gasteiger partial charge in [0.05, 0.1) is 32.7 Å².